The molecule has 2 aromatic rings. The lowest BCUT2D eigenvalue weighted by Crippen LogP contribution is -2.49. The Hall–Kier alpha value is -2.83. The molecule has 0 aliphatic carbocycles. The molecule has 3 rings (SSSR count). The maximum absolute atomic E-state index is 12.8. The lowest BCUT2D eigenvalue weighted by Gasteiger charge is -2.33. The van der Waals surface area contributed by atoms with Crippen LogP contribution in [-0.2, 0) is 19.6 Å². The number of piperazine rings is 1. The highest BCUT2D eigenvalue weighted by atomic mass is 32.2. The average Bonchev–Trinajstić information content (AvgIpc) is 3.22. The average molecular weight is 467 g/mol. The van der Waals surface area contributed by atoms with Gasteiger partial charge in [-0.1, -0.05) is 0 Å². The van der Waals surface area contributed by atoms with Crippen molar-refractivity contribution >= 4 is 44.3 Å². The number of rotatable bonds is 6. The zero-order valence-corrected chi connectivity index (χ0v) is 18.7. The number of ether oxygens (including phenoxy) is 1. The van der Waals surface area contributed by atoms with E-state index in [9.17, 15) is 22.8 Å². The fraction of sp³-hybridized carbons (Fsp3) is 0.368. The van der Waals surface area contributed by atoms with Gasteiger partial charge >= 0.3 is 5.97 Å². The van der Waals surface area contributed by atoms with Crippen LogP contribution in [0, 0.1) is 0 Å². The first-order valence-electron chi connectivity index (χ1n) is 9.52. The van der Waals surface area contributed by atoms with Gasteiger partial charge in [-0.15, -0.1) is 11.3 Å². The molecule has 0 unspecified atom stereocenters. The van der Waals surface area contributed by atoms with E-state index < -0.39 is 21.9 Å². The van der Waals surface area contributed by atoms with Crippen LogP contribution in [0.4, 0.5) is 5.13 Å². The van der Waals surface area contributed by atoms with E-state index in [1.807, 2.05) is 0 Å². The van der Waals surface area contributed by atoms with Crippen molar-refractivity contribution in [1.29, 1.82) is 0 Å². The number of aromatic nitrogens is 1. The highest BCUT2D eigenvalue weighted by Crippen LogP contribution is 2.20. The second-order valence-corrected chi connectivity index (χ2v) is 9.44. The maximum atomic E-state index is 12.8. The van der Waals surface area contributed by atoms with E-state index in [0.717, 1.165) is 11.3 Å². The molecule has 1 N–H and O–H groups in total. The summed E-state index contributed by atoms with van der Waals surface area (Å²) in [5.74, 6) is -1.14. The van der Waals surface area contributed by atoms with Gasteiger partial charge in [0.25, 0.3) is 5.91 Å². The quantitative estimate of drug-likeness (QED) is 0.638. The third kappa shape index (κ3) is 5.27. The van der Waals surface area contributed by atoms with E-state index in [4.69, 9.17) is 4.74 Å². The van der Waals surface area contributed by atoms with Crippen LogP contribution in [0.5, 0.6) is 0 Å². The number of esters is 1. The van der Waals surface area contributed by atoms with Gasteiger partial charge in [-0.25, -0.2) is 18.2 Å². The van der Waals surface area contributed by atoms with Crippen LogP contribution >= 0.6 is 11.3 Å². The summed E-state index contributed by atoms with van der Waals surface area (Å²) >= 11 is 1.08. The second kappa shape index (κ2) is 9.54. The van der Waals surface area contributed by atoms with Crippen LogP contribution < -0.4 is 5.32 Å². The van der Waals surface area contributed by atoms with Crippen molar-refractivity contribution in [3.8, 4) is 0 Å². The Morgan fingerprint density at radius 3 is 2.35 bits per heavy atom. The molecule has 0 spiro atoms. The Labute approximate surface area is 183 Å². The van der Waals surface area contributed by atoms with Crippen LogP contribution in [-0.4, -0.2) is 73.2 Å². The van der Waals surface area contributed by atoms with Crippen molar-refractivity contribution in [1.82, 2.24) is 14.2 Å². The van der Waals surface area contributed by atoms with Gasteiger partial charge in [-0.05, 0) is 31.2 Å². The van der Waals surface area contributed by atoms with Gasteiger partial charge in [0.1, 0.15) is 0 Å². The fourth-order valence-electron chi connectivity index (χ4n) is 2.97. The molecular weight excluding hydrogens is 444 g/mol. The molecule has 0 bridgehead atoms. The van der Waals surface area contributed by atoms with Crippen LogP contribution in [0.2, 0.25) is 0 Å². The highest BCUT2D eigenvalue weighted by molar-refractivity contribution is 7.89. The van der Waals surface area contributed by atoms with Crippen LogP contribution in [0.1, 0.15) is 34.7 Å². The second-order valence-electron chi connectivity index (χ2n) is 6.65. The molecule has 166 valence electrons. The van der Waals surface area contributed by atoms with Crippen LogP contribution in [0.25, 0.3) is 0 Å². The van der Waals surface area contributed by atoms with Crippen LogP contribution in [0.15, 0.2) is 34.5 Å². The molecule has 0 atom stereocenters. The van der Waals surface area contributed by atoms with Crippen molar-refractivity contribution in [2.45, 2.75) is 18.7 Å². The summed E-state index contributed by atoms with van der Waals surface area (Å²) in [5, 5.41) is 4.29. The van der Waals surface area contributed by atoms with Crippen LogP contribution in [0.3, 0.4) is 0 Å². The zero-order chi connectivity index (χ0) is 22.6. The summed E-state index contributed by atoms with van der Waals surface area (Å²) in [6.45, 7) is 4.49. The van der Waals surface area contributed by atoms with Gasteiger partial charge in [0, 0.05) is 44.0 Å². The van der Waals surface area contributed by atoms with Gasteiger partial charge in [-0.3, -0.25) is 14.9 Å². The lowest BCUT2D eigenvalue weighted by molar-refractivity contribution is -0.129. The highest BCUT2D eigenvalue weighted by Gasteiger charge is 2.29. The summed E-state index contributed by atoms with van der Waals surface area (Å²) in [6, 6.07) is 5.56. The normalized spacial score (nSPS) is 14.8. The number of nitrogens with zero attached hydrogens (tertiary/aromatic N) is 3. The Morgan fingerprint density at radius 2 is 1.77 bits per heavy atom. The zero-order valence-electron chi connectivity index (χ0n) is 17.0. The van der Waals surface area contributed by atoms with Gasteiger partial charge < -0.3 is 9.64 Å². The van der Waals surface area contributed by atoms with Gasteiger partial charge in [0.2, 0.25) is 15.9 Å². The number of carbonyl (C=O) groups is 3. The molecule has 0 saturated carbocycles. The van der Waals surface area contributed by atoms with E-state index in [-0.39, 0.29) is 46.9 Å². The van der Waals surface area contributed by atoms with E-state index >= 15 is 0 Å². The first kappa shape index (κ1) is 22.8. The van der Waals surface area contributed by atoms with E-state index in [1.165, 1.54) is 40.9 Å². The van der Waals surface area contributed by atoms with Crippen molar-refractivity contribution in [2.75, 3.05) is 38.1 Å². The molecule has 2 amide bonds. The SMILES string of the molecule is CCOC(=O)c1csc(NC(=O)c2ccc(S(=O)(=O)N3CCN(C(C)=O)CC3)cc2)n1. The molecule has 0 radical (unpaired) electrons. The first-order chi connectivity index (χ1) is 14.7. The molecular formula is C19H22N4O6S2. The number of hydrogen-bond donors (Lipinski definition) is 1. The third-order valence-electron chi connectivity index (χ3n) is 4.65. The topological polar surface area (TPSA) is 126 Å². The number of thiazole rings is 1. The monoisotopic (exact) mass is 466 g/mol. The summed E-state index contributed by atoms with van der Waals surface area (Å²) in [4.78, 5) is 41.2. The smallest absolute Gasteiger partial charge is 0.357 e. The predicted octanol–water partition coefficient (Wildman–Crippen LogP) is 1.42. The maximum Gasteiger partial charge on any atom is 0.357 e. The fourth-order valence-corrected chi connectivity index (χ4v) is 5.07. The van der Waals surface area contributed by atoms with Gasteiger partial charge in [0.15, 0.2) is 10.8 Å². The number of nitrogens with one attached hydrogen (secondary N) is 1. The number of amides is 2. The Balaban J connectivity index is 1.65. The summed E-state index contributed by atoms with van der Waals surface area (Å²) in [6.07, 6.45) is 0. The number of anilines is 1. The molecule has 1 aromatic carbocycles. The molecule has 1 saturated heterocycles. The van der Waals surface area contributed by atoms with Crippen molar-refractivity contribution in [2.24, 2.45) is 0 Å². The minimum Gasteiger partial charge on any atom is -0.461 e. The Bertz CT molecular complexity index is 1070. The summed E-state index contributed by atoms with van der Waals surface area (Å²) < 4.78 is 31.8. The van der Waals surface area contributed by atoms with E-state index in [2.05, 4.69) is 10.3 Å². The van der Waals surface area contributed by atoms with Gasteiger partial charge in [-0.2, -0.15) is 4.31 Å². The predicted molar refractivity (Wildman–Crippen MR) is 113 cm³/mol. The molecule has 1 aliphatic rings. The minimum atomic E-state index is -3.72. The third-order valence-corrected chi connectivity index (χ3v) is 7.32. The summed E-state index contributed by atoms with van der Waals surface area (Å²) in [5.41, 5.74) is 0.349. The van der Waals surface area contributed by atoms with E-state index in [1.54, 1.807) is 11.8 Å². The number of hydrogen-bond acceptors (Lipinski definition) is 8. The number of carbonyl (C=O) groups excluding carboxylic acids is 3. The summed E-state index contributed by atoms with van der Waals surface area (Å²) in [7, 11) is -3.72. The standard InChI is InChI=1S/C19H22N4O6S2/c1-3-29-18(26)16-12-30-19(20-16)21-17(25)14-4-6-15(7-5-14)31(27,28)23-10-8-22(9-11-23)13(2)24/h4-7,12H,3,8-11H2,1-2H3,(H,20,21,25). The molecule has 1 aliphatic heterocycles. The molecule has 10 nitrogen and oxygen atoms in total. The van der Waals surface area contributed by atoms with Crippen molar-refractivity contribution in [3.05, 3.63) is 40.9 Å². The van der Waals surface area contributed by atoms with E-state index in [0.29, 0.717) is 13.1 Å². The molecule has 1 fully saturated rings. The first-order valence-corrected chi connectivity index (χ1v) is 11.8. The molecule has 1 aromatic heterocycles. The Kier molecular flexibility index (Phi) is 7.03. The minimum absolute atomic E-state index is 0.0687. The van der Waals surface area contributed by atoms with Crippen molar-refractivity contribution < 1.29 is 27.5 Å². The Morgan fingerprint density at radius 1 is 1.13 bits per heavy atom. The van der Waals surface area contributed by atoms with Gasteiger partial charge in [0.05, 0.1) is 11.5 Å². The largest absolute Gasteiger partial charge is 0.461 e. The lowest BCUT2D eigenvalue weighted by atomic mass is 10.2. The number of sulfonamides is 1. The molecule has 2 heterocycles. The molecule has 12 heteroatoms. The van der Waals surface area contributed by atoms with Crippen molar-refractivity contribution in [3.63, 3.8) is 0 Å². The number of benzene rings is 1. The molecule has 31 heavy (non-hydrogen) atoms.